The van der Waals surface area contributed by atoms with Crippen LogP contribution < -0.4 is 0 Å². The van der Waals surface area contributed by atoms with Gasteiger partial charge in [0.05, 0.1) is 11.3 Å². The quantitative estimate of drug-likeness (QED) is 0.687. The first kappa shape index (κ1) is 13.3. The molecule has 0 atom stereocenters. The summed E-state index contributed by atoms with van der Waals surface area (Å²) >= 11 is 0. The zero-order valence-electron chi connectivity index (χ0n) is 10.3. The molecule has 0 aromatic heterocycles. The average molecular weight is 263 g/mol. The predicted octanol–water partition coefficient (Wildman–Crippen LogP) is 4.85. The normalized spacial score (nSPS) is 12.5. The molecule has 0 radical (unpaired) electrons. The Bertz CT molecular complexity index is 586. The van der Waals surface area contributed by atoms with Crippen molar-refractivity contribution in [2.45, 2.75) is 13.1 Å². The van der Waals surface area contributed by atoms with E-state index < -0.39 is 11.7 Å². The Hall–Kier alpha value is -2.10. The zero-order valence-corrected chi connectivity index (χ0v) is 10.3. The van der Waals surface area contributed by atoms with E-state index in [1.807, 2.05) is 30.3 Å². The fourth-order valence-electron chi connectivity index (χ4n) is 1.69. The highest BCUT2D eigenvalue weighted by molar-refractivity contribution is 6.00. The fraction of sp³-hybridized carbons (Fsp3) is 0.133. The maximum absolute atomic E-state index is 12.6. The molecule has 0 heterocycles. The van der Waals surface area contributed by atoms with Crippen molar-refractivity contribution in [1.29, 1.82) is 0 Å². The Morgan fingerprint density at radius 1 is 0.947 bits per heavy atom. The summed E-state index contributed by atoms with van der Waals surface area (Å²) in [5, 5.41) is 0. The van der Waals surface area contributed by atoms with Crippen molar-refractivity contribution in [2.75, 3.05) is 0 Å². The zero-order chi connectivity index (χ0) is 13.9. The van der Waals surface area contributed by atoms with Crippen molar-refractivity contribution in [1.82, 2.24) is 0 Å². The number of halogens is 3. The Kier molecular flexibility index (Phi) is 3.69. The lowest BCUT2D eigenvalue weighted by molar-refractivity contribution is -0.137. The summed E-state index contributed by atoms with van der Waals surface area (Å²) in [6, 6.07) is 14.3. The van der Waals surface area contributed by atoms with E-state index in [4.69, 9.17) is 0 Å². The maximum Gasteiger partial charge on any atom is 0.416 e. The van der Waals surface area contributed by atoms with Gasteiger partial charge in [-0.05, 0) is 30.7 Å². The lowest BCUT2D eigenvalue weighted by atomic mass is 10.1. The van der Waals surface area contributed by atoms with E-state index in [1.54, 1.807) is 13.0 Å². The highest BCUT2D eigenvalue weighted by atomic mass is 19.4. The molecule has 0 spiro atoms. The van der Waals surface area contributed by atoms with Crippen molar-refractivity contribution in [3.63, 3.8) is 0 Å². The third-order valence-electron chi connectivity index (χ3n) is 2.66. The van der Waals surface area contributed by atoms with Crippen molar-refractivity contribution < 1.29 is 13.2 Å². The molecule has 0 aliphatic rings. The first-order valence-electron chi connectivity index (χ1n) is 5.75. The smallest absolute Gasteiger partial charge is 0.253 e. The van der Waals surface area contributed by atoms with Gasteiger partial charge in [-0.2, -0.15) is 13.2 Å². The standard InChI is InChI=1S/C15H12F3N/c1-11(12-6-3-2-4-7-12)19-14-9-5-8-13(10-14)15(16,17)18/h2-10H,1H3/b19-11-. The molecule has 19 heavy (non-hydrogen) atoms. The molecule has 0 saturated heterocycles. The number of rotatable bonds is 2. The predicted molar refractivity (Wildman–Crippen MR) is 69.8 cm³/mol. The molecule has 0 unspecified atom stereocenters. The van der Waals surface area contributed by atoms with Gasteiger partial charge in [0.25, 0.3) is 0 Å². The first-order valence-corrected chi connectivity index (χ1v) is 5.75. The highest BCUT2D eigenvalue weighted by Crippen LogP contribution is 2.31. The molecule has 2 rings (SSSR count). The third kappa shape index (κ3) is 3.44. The number of hydrogen-bond acceptors (Lipinski definition) is 1. The Labute approximate surface area is 109 Å². The van der Waals surface area contributed by atoms with E-state index in [0.717, 1.165) is 17.7 Å². The number of nitrogens with zero attached hydrogens (tertiary/aromatic N) is 1. The van der Waals surface area contributed by atoms with Crippen LogP contribution in [0, 0.1) is 0 Å². The van der Waals surface area contributed by atoms with Gasteiger partial charge in [-0.25, -0.2) is 0 Å². The molecule has 0 aliphatic carbocycles. The van der Waals surface area contributed by atoms with Gasteiger partial charge in [0.2, 0.25) is 0 Å². The molecule has 2 aromatic carbocycles. The van der Waals surface area contributed by atoms with Crippen LogP contribution in [0.25, 0.3) is 0 Å². The van der Waals surface area contributed by atoms with Gasteiger partial charge in [-0.1, -0.05) is 36.4 Å². The Balaban J connectivity index is 2.33. The summed E-state index contributed by atoms with van der Waals surface area (Å²) in [4.78, 5) is 4.22. The lowest BCUT2D eigenvalue weighted by Gasteiger charge is -2.07. The van der Waals surface area contributed by atoms with Crippen LogP contribution in [-0.2, 0) is 6.18 Å². The topological polar surface area (TPSA) is 12.4 Å². The monoisotopic (exact) mass is 263 g/mol. The molecule has 4 heteroatoms. The van der Waals surface area contributed by atoms with Crippen LogP contribution in [0.1, 0.15) is 18.1 Å². The fourth-order valence-corrected chi connectivity index (χ4v) is 1.69. The number of alkyl halides is 3. The van der Waals surface area contributed by atoms with Gasteiger partial charge in [-0.3, -0.25) is 4.99 Å². The molecular weight excluding hydrogens is 251 g/mol. The van der Waals surface area contributed by atoms with Crippen molar-refractivity contribution in [3.05, 3.63) is 65.7 Å². The van der Waals surface area contributed by atoms with Crippen LogP contribution in [-0.4, -0.2) is 5.71 Å². The summed E-state index contributed by atoms with van der Waals surface area (Å²) in [5.74, 6) is 0. The van der Waals surface area contributed by atoms with Gasteiger partial charge >= 0.3 is 6.18 Å². The molecule has 2 aromatic rings. The number of benzene rings is 2. The average Bonchev–Trinajstić information content (AvgIpc) is 2.39. The van der Waals surface area contributed by atoms with Crippen LogP contribution in [0.4, 0.5) is 18.9 Å². The second-order valence-electron chi connectivity index (χ2n) is 4.11. The van der Waals surface area contributed by atoms with Gasteiger partial charge in [0.1, 0.15) is 0 Å². The maximum atomic E-state index is 12.6. The summed E-state index contributed by atoms with van der Waals surface area (Å²) < 4.78 is 37.7. The number of hydrogen-bond donors (Lipinski definition) is 0. The molecule has 0 amide bonds. The molecule has 0 bridgehead atoms. The van der Waals surface area contributed by atoms with E-state index in [9.17, 15) is 13.2 Å². The molecular formula is C15H12F3N. The Morgan fingerprint density at radius 3 is 2.26 bits per heavy atom. The van der Waals surface area contributed by atoms with Crippen LogP contribution in [0.2, 0.25) is 0 Å². The summed E-state index contributed by atoms with van der Waals surface area (Å²) in [5.41, 5.74) is 1.19. The van der Waals surface area contributed by atoms with E-state index in [2.05, 4.69) is 4.99 Å². The molecule has 0 N–H and O–H groups in total. The van der Waals surface area contributed by atoms with E-state index in [0.29, 0.717) is 11.4 Å². The minimum atomic E-state index is -4.34. The van der Waals surface area contributed by atoms with Crippen LogP contribution >= 0.6 is 0 Å². The van der Waals surface area contributed by atoms with Gasteiger partial charge in [-0.15, -0.1) is 0 Å². The van der Waals surface area contributed by atoms with Crippen LogP contribution in [0.15, 0.2) is 59.6 Å². The molecule has 0 saturated carbocycles. The van der Waals surface area contributed by atoms with Crippen LogP contribution in [0.3, 0.4) is 0 Å². The molecule has 1 nitrogen and oxygen atoms in total. The minimum Gasteiger partial charge on any atom is -0.253 e. The summed E-state index contributed by atoms with van der Waals surface area (Å²) in [6.07, 6.45) is -4.34. The number of aliphatic imine (C=N–C) groups is 1. The van der Waals surface area contributed by atoms with E-state index >= 15 is 0 Å². The van der Waals surface area contributed by atoms with Crippen molar-refractivity contribution in [3.8, 4) is 0 Å². The second kappa shape index (κ2) is 5.26. The highest BCUT2D eigenvalue weighted by Gasteiger charge is 2.30. The SMILES string of the molecule is C/C(=N/c1cccc(C(F)(F)F)c1)c1ccccc1. The summed E-state index contributed by atoms with van der Waals surface area (Å²) in [6.45, 7) is 1.77. The van der Waals surface area contributed by atoms with Gasteiger partial charge in [0.15, 0.2) is 0 Å². The second-order valence-corrected chi connectivity index (χ2v) is 4.11. The van der Waals surface area contributed by atoms with Crippen molar-refractivity contribution in [2.24, 2.45) is 4.99 Å². The molecule has 98 valence electrons. The Morgan fingerprint density at radius 2 is 1.63 bits per heavy atom. The molecule has 0 fully saturated rings. The van der Waals surface area contributed by atoms with Gasteiger partial charge in [0, 0.05) is 5.71 Å². The lowest BCUT2D eigenvalue weighted by Crippen LogP contribution is -2.04. The van der Waals surface area contributed by atoms with E-state index in [1.165, 1.54) is 6.07 Å². The summed E-state index contributed by atoms with van der Waals surface area (Å²) in [7, 11) is 0. The van der Waals surface area contributed by atoms with E-state index in [-0.39, 0.29) is 0 Å². The first-order chi connectivity index (χ1) is 8.97. The molecule has 0 aliphatic heterocycles. The van der Waals surface area contributed by atoms with Crippen molar-refractivity contribution >= 4 is 11.4 Å². The third-order valence-corrected chi connectivity index (χ3v) is 2.66. The minimum absolute atomic E-state index is 0.302. The largest absolute Gasteiger partial charge is 0.416 e. The van der Waals surface area contributed by atoms with Crippen LogP contribution in [0.5, 0.6) is 0 Å². The van der Waals surface area contributed by atoms with Gasteiger partial charge < -0.3 is 0 Å².